The molecule has 0 radical (unpaired) electrons. The van der Waals surface area contributed by atoms with Gasteiger partial charge in [-0.3, -0.25) is 4.90 Å². The number of nitrogens with zero attached hydrogens (tertiary/aromatic N) is 4. The van der Waals surface area contributed by atoms with Crippen LogP contribution in [-0.2, 0) is 13.1 Å². The van der Waals surface area contributed by atoms with E-state index in [-0.39, 0.29) is 0 Å². The van der Waals surface area contributed by atoms with Gasteiger partial charge in [-0.25, -0.2) is 4.68 Å². The number of likely N-dealkylation sites (tertiary alicyclic amines) is 1. The second kappa shape index (κ2) is 6.93. The largest absolute Gasteiger partial charge is 0.301 e. The molecule has 5 rings (SSSR count). The van der Waals surface area contributed by atoms with E-state index in [0.29, 0.717) is 12.0 Å². The molecule has 1 aromatic heterocycles. The van der Waals surface area contributed by atoms with E-state index in [1.165, 1.54) is 56.3 Å². The van der Waals surface area contributed by atoms with Crippen LogP contribution in [0, 0.1) is 10.7 Å². The zero-order valence-corrected chi connectivity index (χ0v) is 16.2. The maximum Gasteiger partial charge on any atom is 0.199 e. The smallest absolute Gasteiger partial charge is 0.199 e. The molecule has 2 saturated carbocycles. The summed E-state index contributed by atoms with van der Waals surface area (Å²) >= 11 is 5.79. The van der Waals surface area contributed by atoms with Crippen molar-refractivity contribution < 1.29 is 0 Å². The molecule has 0 unspecified atom stereocenters. The minimum atomic E-state index is 0.642. The highest BCUT2D eigenvalue weighted by Gasteiger charge is 2.36. The van der Waals surface area contributed by atoms with E-state index in [0.717, 1.165) is 30.4 Å². The molecule has 1 aliphatic heterocycles. The molecular formula is C21H28N4S. The van der Waals surface area contributed by atoms with Gasteiger partial charge in [-0.2, -0.15) is 5.10 Å². The van der Waals surface area contributed by atoms with Crippen molar-refractivity contribution in [1.29, 1.82) is 0 Å². The fraction of sp³-hybridized carbons (Fsp3) is 0.619. The first-order valence-corrected chi connectivity index (χ1v) is 10.6. The molecule has 3 aliphatic rings. The first kappa shape index (κ1) is 16.7. The molecule has 0 amide bonds. The third-order valence-electron chi connectivity index (χ3n) is 6.16. The highest BCUT2D eigenvalue weighted by Crippen LogP contribution is 2.44. The molecule has 138 valence electrons. The van der Waals surface area contributed by atoms with Crippen LogP contribution in [-0.4, -0.2) is 32.3 Å². The van der Waals surface area contributed by atoms with Gasteiger partial charge in [0.15, 0.2) is 4.77 Å². The van der Waals surface area contributed by atoms with Crippen molar-refractivity contribution in [2.45, 2.75) is 63.6 Å². The first-order chi connectivity index (χ1) is 12.8. The summed E-state index contributed by atoms with van der Waals surface area (Å²) in [6.07, 6.45) is 8.93. The van der Waals surface area contributed by atoms with Gasteiger partial charge < -0.3 is 4.57 Å². The Morgan fingerprint density at radius 1 is 0.962 bits per heavy atom. The Bertz CT molecular complexity index is 808. The third-order valence-corrected chi connectivity index (χ3v) is 6.57. The summed E-state index contributed by atoms with van der Waals surface area (Å²) in [5.41, 5.74) is 1.48. The van der Waals surface area contributed by atoms with Gasteiger partial charge in [-0.15, -0.1) is 0 Å². The summed E-state index contributed by atoms with van der Waals surface area (Å²) in [5.74, 6) is 2.76. The van der Waals surface area contributed by atoms with Gasteiger partial charge in [-0.1, -0.05) is 30.3 Å². The van der Waals surface area contributed by atoms with Crippen LogP contribution in [0.5, 0.6) is 0 Å². The van der Waals surface area contributed by atoms with Crippen molar-refractivity contribution >= 4 is 12.2 Å². The Morgan fingerprint density at radius 2 is 1.69 bits per heavy atom. The van der Waals surface area contributed by atoms with Crippen molar-refractivity contribution in [3.8, 4) is 0 Å². The molecule has 0 spiro atoms. The van der Waals surface area contributed by atoms with E-state index in [1.807, 2.05) is 0 Å². The first-order valence-electron chi connectivity index (χ1n) is 10.2. The maximum absolute atomic E-state index is 5.79. The van der Waals surface area contributed by atoms with Crippen molar-refractivity contribution in [3.63, 3.8) is 0 Å². The number of rotatable bonds is 6. The highest BCUT2D eigenvalue weighted by atomic mass is 32.1. The van der Waals surface area contributed by atoms with E-state index in [1.54, 1.807) is 0 Å². The summed E-state index contributed by atoms with van der Waals surface area (Å²) in [4.78, 5) is 2.54. The van der Waals surface area contributed by atoms with Crippen LogP contribution < -0.4 is 0 Å². The van der Waals surface area contributed by atoms with Crippen LogP contribution in [0.2, 0.25) is 0 Å². The van der Waals surface area contributed by atoms with Gasteiger partial charge in [0.05, 0.1) is 6.67 Å². The molecular weight excluding hydrogens is 340 g/mol. The minimum absolute atomic E-state index is 0.642. The third kappa shape index (κ3) is 3.52. The molecule has 0 N–H and O–H groups in total. The number of hydrogen-bond donors (Lipinski definition) is 0. The molecule has 0 bridgehead atoms. The number of piperidine rings is 1. The van der Waals surface area contributed by atoms with Crippen molar-refractivity contribution in [3.05, 3.63) is 46.5 Å². The Labute approximate surface area is 160 Å². The fourth-order valence-electron chi connectivity index (χ4n) is 4.29. The standard InChI is InChI=1S/C21H28N4S/c26-21-24(22-20(18-6-7-18)25(21)19-8-9-19)15-23-12-10-17(11-13-23)14-16-4-2-1-3-5-16/h1-5,17-19H,6-15H2. The predicted molar refractivity (Wildman–Crippen MR) is 106 cm³/mol. The topological polar surface area (TPSA) is 26.0 Å². The van der Waals surface area contributed by atoms with Crippen LogP contribution in [0.15, 0.2) is 30.3 Å². The molecule has 5 heteroatoms. The van der Waals surface area contributed by atoms with E-state index in [2.05, 4.69) is 44.5 Å². The Balaban J connectivity index is 1.22. The number of hydrogen-bond acceptors (Lipinski definition) is 3. The average molecular weight is 369 g/mol. The lowest BCUT2D eigenvalue weighted by atomic mass is 9.90. The molecule has 1 saturated heterocycles. The SMILES string of the molecule is S=c1n(CN2CCC(Cc3ccccc3)CC2)nc(C2CC2)n1C1CC1. The zero-order chi connectivity index (χ0) is 17.5. The summed E-state index contributed by atoms with van der Waals surface area (Å²) in [7, 11) is 0. The summed E-state index contributed by atoms with van der Waals surface area (Å²) in [6, 6.07) is 11.6. The Morgan fingerprint density at radius 3 is 2.35 bits per heavy atom. The van der Waals surface area contributed by atoms with Crippen molar-refractivity contribution in [2.75, 3.05) is 13.1 Å². The van der Waals surface area contributed by atoms with Gasteiger partial charge in [0.25, 0.3) is 0 Å². The normalized spacial score (nSPS) is 22.0. The molecule has 26 heavy (non-hydrogen) atoms. The highest BCUT2D eigenvalue weighted by molar-refractivity contribution is 7.71. The molecule has 1 aromatic carbocycles. The number of benzene rings is 1. The molecule has 0 atom stereocenters. The van der Waals surface area contributed by atoms with E-state index < -0.39 is 0 Å². The fourth-order valence-corrected chi connectivity index (χ4v) is 4.63. The van der Waals surface area contributed by atoms with Gasteiger partial charge in [0.1, 0.15) is 5.82 Å². The van der Waals surface area contributed by atoms with Gasteiger partial charge in [0, 0.05) is 25.0 Å². The average Bonchev–Trinajstić information content (AvgIpc) is 3.57. The van der Waals surface area contributed by atoms with Gasteiger partial charge in [0.2, 0.25) is 0 Å². The molecule has 3 fully saturated rings. The summed E-state index contributed by atoms with van der Waals surface area (Å²) < 4.78 is 5.45. The Hall–Kier alpha value is -1.46. The van der Waals surface area contributed by atoms with Crippen LogP contribution in [0.1, 0.15) is 61.9 Å². The van der Waals surface area contributed by atoms with E-state index >= 15 is 0 Å². The molecule has 2 aromatic rings. The molecule has 4 nitrogen and oxygen atoms in total. The van der Waals surface area contributed by atoms with Gasteiger partial charge in [-0.05, 0) is 68.6 Å². The van der Waals surface area contributed by atoms with Crippen molar-refractivity contribution in [2.24, 2.45) is 5.92 Å². The van der Waals surface area contributed by atoms with Gasteiger partial charge >= 0.3 is 0 Å². The maximum atomic E-state index is 5.79. The lowest BCUT2D eigenvalue weighted by Crippen LogP contribution is -2.36. The second-order valence-electron chi connectivity index (χ2n) is 8.41. The van der Waals surface area contributed by atoms with Crippen LogP contribution in [0.25, 0.3) is 0 Å². The molecule has 2 heterocycles. The van der Waals surface area contributed by atoms with Crippen LogP contribution in [0.3, 0.4) is 0 Å². The number of aromatic nitrogens is 3. The van der Waals surface area contributed by atoms with Crippen molar-refractivity contribution in [1.82, 2.24) is 19.2 Å². The monoisotopic (exact) mass is 368 g/mol. The minimum Gasteiger partial charge on any atom is -0.301 e. The lowest BCUT2D eigenvalue weighted by Gasteiger charge is -2.31. The second-order valence-corrected chi connectivity index (χ2v) is 8.77. The van der Waals surface area contributed by atoms with E-state index in [9.17, 15) is 0 Å². The lowest BCUT2D eigenvalue weighted by molar-refractivity contribution is 0.139. The quantitative estimate of drug-likeness (QED) is 0.700. The zero-order valence-electron chi connectivity index (χ0n) is 15.4. The van der Waals surface area contributed by atoms with Crippen LogP contribution in [0.4, 0.5) is 0 Å². The Kier molecular flexibility index (Phi) is 4.45. The summed E-state index contributed by atoms with van der Waals surface area (Å²) in [6.45, 7) is 3.19. The predicted octanol–water partition coefficient (Wildman–Crippen LogP) is 4.54. The molecule has 2 aliphatic carbocycles. The summed E-state index contributed by atoms with van der Waals surface area (Å²) in [5, 5.41) is 4.95. The van der Waals surface area contributed by atoms with E-state index in [4.69, 9.17) is 17.3 Å². The van der Waals surface area contributed by atoms with Crippen LogP contribution >= 0.6 is 12.2 Å².